The molecule has 0 aliphatic carbocycles. The monoisotopic (exact) mass is 618 g/mol. The normalized spacial score (nSPS) is 14.6. The fraction of sp³-hybridized carbons (Fsp3) is 0.250. The zero-order valence-corrected chi connectivity index (χ0v) is 25.3. The van der Waals surface area contributed by atoms with Gasteiger partial charge in [0.2, 0.25) is 0 Å². The van der Waals surface area contributed by atoms with Crippen molar-refractivity contribution in [3.8, 4) is 22.8 Å². The van der Waals surface area contributed by atoms with Crippen molar-refractivity contribution < 1.29 is 38.1 Å². The smallest absolute Gasteiger partial charge is 0.338 e. The highest BCUT2D eigenvalue weighted by Crippen LogP contribution is 2.40. The third kappa shape index (κ3) is 5.94. The summed E-state index contributed by atoms with van der Waals surface area (Å²) in [4.78, 5) is 43.7. The minimum atomic E-state index is -1.02. The van der Waals surface area contributed by atoms with Crippen molar-refractivity contribution >= 4 is 29.4 Å². The van der Waals surface area contributed by atoms with Crippen LogP contribution in [0.4, 0.5) is 0 Å². The fourth-order valence-corrected chi connectivity index (χ4v) is 5.90. The van der Waals surface area contributed by atoms with Gasteiger partial charge in [0.05, 0.1) is 41.7 Å². The molecular weight excluding hydrogens is 588 g/mol. The standard InChI is InChI=1S/C32H30N2O9S/c1-5-41-28-22(7-6-8-24(28)40-4)27-26(31(38)42-16-15-39-3)18(2)33-32-34(27)29(35)25(44-32)17-21-13-14-23(43-21)19-9-11-20(12-10-19)30(36)37/h6-14,17,27H,5,15-16H2,1-4H3,(H,36,37)/b25-17+/t27-/m1/s1. The summed E-state index contributed by atoms with van der Waals surface area (Å²) in [6.07, 6.45) is 1.61. The second-order valence-electron chi connectivity index (χ2n) is 9.61. The first-order valence-corrected chi connectivity index (χ1v) is 14.5. The highest BCUT2D eigenvalue weighted by atomic mass is 32.1. The zero-order valence-electron chi connectivity index (χ0n) is 24.5. The number of methoxy groups -OCH3 is 2. The second kappa shape index (κ2) is 13.1. The van der Waals surface area contributed by atoms with Crippen LogP contribution >= 0.6 is 11.3 Å². The van der Waals surface area contributed by atoms with E-state index in [1.54, 1.807) is 55.5 Å². The molecule has 1 aliphatic heterocycles. The molecular formula is C32H30N2O9S. The Morgan fingerprint density at radius 3 is 2.55 bits per heavy atom. The van der Waals surface area contributed by atoms with Gasteiger partial charge in [0.1, 0.15) is 24.2 Å². The number of nitrogens with zero attached hydrogens (tertiary/aromatic N) is 2. The maximum atomic E-state index is 14.1. The number of carboxylic acids is 1. The Kier molecular flexibility index (Phi) is 9.12. The van der Waals surface area contributed by atoms with Crippen molar-refractivity contribution in [3.05, 3.63) is 102 Å². The number of furan rings is 1. The predicted octanol–water partition coefficient (Wildman–Crippen LogP) is 3.79. The van der Waals surface area contributed by atoms with Crippen LogP contribution in [0.25, 0.3) is 17.4 Å². The van der Waals surface area contributed by atoms with Gasteiger partial charge in [-0.2, -0.15) is 0 Å². The van der Waals surface area contributed by atoms with E-state index in [9.17, 15) is 14.4 Å². The van der Waals surface area contributed by atoms with E-state index in [1.165, 1.54) is 30.9 Å². The number of aromatic nitrogens is 1. The number of esters is 1. The molecule has 1 aliphatic rings. The molecule has 1 N–H and O–H groups in total. The summed E-state index contributed by atoms with van der Waals surface area (Å²) in [5.41, 5.74) is 1.60. The Hall–Kier alpha value is -4.94. The molecule has 12 heteroatoms. The number of carboxylic acid groups (broad SMARTS) is 1. The van der Waals surface area contributed by atoms with E-state index >= 15 is 0 Å². The van der Waals surface area contributed by atoms with Crippen LogP contribution < -0.4 is 24.4 Å². The lowest BCUT2D eigenvalue weighted by Crippen LogP contribution is -2.40. The lowest BCUT2D eigenvalue weighted by Gasteiger charge is -2.27. The van der Waals surface area contributed by atoms with Crippen LogP contribution in [0.5, 0.6) is 11.5 Å². The molecule has 0 radical (unpaired) electrons. The first-order valence-electron chi connectivity index (χ1n) is 13.7. The van der Waals surface area contributed by atoms with Crippen LogP contribution in [0.15, 0.2) is 80.1 Å². The number of rotatable bonds is 11. The molecule has 0 amide bonds. The maximum absolute atomic E-state index is 14.1. The minimum Gasteiger partial charge on any atom is -0.493 e. The molecule has 2 aromatic carbocycles. The highest BCUT2D eigenvalue weighted by molar-refractivity contribution is 7.07. The first-order chi connectivity index (χ1) is 21.3. The second-order valence-corrected chi connectivity index (χ2v) is 10.6. The van der Waals surface area contributed by atoms with E-state index in [0.717, 1.165) is 11.3 Å². The molecule has 0 saturated carbocycles. The SMILES string of the molecule is CCOc1c(OC)cccc1[C@@H]1C(C(=O)OCCOC)=C(C)N=c2s/c(=C/c3ccc(-c4ccc(C(=O)O)cc4)o3)c(=O)n21. The third-order valence-corrected chi connectivity index (χ3v) is 7.87. The van der Waals surface area contributed by atoms with Crippen LogP contribution in [-0.2, 0) is 14.3 Å². The van der Waals surface area contributed by atoms with Gasteiger partial charge in [0, 0.05) is 24.3 Å². The number of hydrogen-bond acceptors (Lipinski definition) is 10. The maximum Gasteiger partial charge on any atom is 0.338 e. The largest absolute Gasteiger partial charge is 0.493 e. The zero-order chi connectivity index (χ0) is 31.4. The highest BCUT2D eigenvalue weighted by Gasteiger charge is 2.36. The Morgan fingerprint density at radius 2 is 1.86 bits per heavy atom. The van der Waals surface area contributed by atoms with E-state index in [0.29, 0.717) is 55.8 Å². The van der Waals surface area contributed by atoms with E-state index in [2.05, 4.69) is 4.99 Å². The molecule has 2 aromatic heterocycles. The molecule has 0 fully saturated rings. The van der Waals surface area contributed by atoms with Gasteiger partial charge in [0.25, 0.3) is 5.56 Å². The van der Waals surface area contributed by atoms with E-state index in [4.69, 9.17) is 28.5 Å². The summed E-state index contributed by atoms with van der Waals surface area (Å²) in [6.45, 7) is 4.10. The number of benzene rings is 2. The van der Waals surface area contributed by atoms with Crippen molar-refractivity contribution in [2.45, 2.75) is 19.9 Å². The Labute approximate surface area is 255 Å². The van der Waals surface area contributed by atoms with Gasteiger partial charge in [-0.25, -0.2) is 14.6 Å². The van der Waals surface area contributed by atoms with Crippen LogP contribution in [0.1, 0.15) is 41.6 Å². The van der Waals surface area contributed by atoms with E-state index in [1.807, 2.05) is 6.92 Å². The number of allylic oxidation sites excluding steroid dienone is 1. The van der Waals surface area contributed by atoms with Gasteiger partial charge in [-0.1, -0.05) is 35.6 Å². The number of para-hydroxylation sites is 1. The molecule has 11 nitrogen and oxygen atoms in total. The Morgan fingerprint density at radius 1 is 1.09 bits per heavy atom. The molecule has 228 valence electrons. The summed E-state index contributed by atoms with van der Waals surface area (Å²) < 4.78 is 29.9. The fourth-order valence-electron chi connectivity index (χ4n) is 4.87. The van der Waals surface area contributed by atoms with Crippen LogP contribution in [0.3, 0.4) is 0 Å². The molecule has 4 aromatic rings. The number of carbonyl (C=O) groups excluding carboxylic acids is 1. The summed E-state index contributed by atoms with van der Waals surface area (Å²) >= 11 is 1.16. The number of hydrogen-bond donors (Lipinski definition) is 1. The molecule has 0 bridgehead atoms. The topological polar surface area (TPSA) is 139 Å². The van der Waals surface area contributed by atoms with Gasteiger partial charge >= 0.3 is 11.9 Å². The number of aromatic carboxylic acids is 1. The van der Waals surface area contributed by atoms with Crippen molar-refractivity contribution in [1.29, 1.82) is 0 Å². The van der Waals surface area contributed by atoms with Crippen molar-refractivity contribution in [3.63, 3.8) is 0 Å². The quantitative estimate of drug-likeness (QED) is 0.197. The molecule has 44 heavy (non-hydrogen) atoms. The van der Waals surface area contributed by atoms with Gasteiger partial charge in [-0.05, 0) is 44.2 Å². The van der Waals surface area contributed by atoms with Gasteiger partial charge < -0.3 is 28.5 Å². The first kappa shape index (κ1) is 30.5. The molecule has 0 unspecified atom stereocenters. The van der Waals surface area contributed by atoms with Gasteiger partial charge in [-0.15, -0.1) is 0 Å². The molecule has 5 rings (SSSR count). The Bertz CT molecular complexity index is 1920. The molecule has 0 spiro atoms. The predicted molar refractivity (Wildman–Crippen MR) is 162 cm³/mol. The molecule has 3 heterocycles. The Balaban J connectivity index is 1.63. The average molecular weight is 619 g/mol. The van der Waals surface area contributed by atoms with Crippen LogP contribution in [0.2, 0.25) is 0 Å². The number of thiazole rings is 1. The van der Waals surface area contributed by atoms with Gasteiger partial charge in [0.15, 0.2) is 16.3 Å². The van der Waals surface area contributed by atoms with Crippen molar-refractivity contribution in [2.75, 3.05) is 34.0 Å². The summed E-state index contributed by atoms with van der Waals surface area (Å²) in [5, 5.41) is 9.17. The number of carbonyl (C=O) groups is 2. The summed E-state index contributed by atoms with van der Waals surface area (Å²) in [5.74, 6) is 0.127. The minimum absolute atomic E-state index is 0.0273. The molecule has 0 saturated heterocycles. The number of fused-ring (bicyclic) bond motifs is 1. The summed E-state index contributed by atoms with van der Waals surface area (Å²) in [6, 6.07) is 14.1. The van der Waals surface area contributed by atoms with Crippen molar-refractivity contribution in [1.82, 2.24) is 4.57 Å². The third-order valence-electron chi connectivity index (χ3n) is 6.89. The van der Waals surface area contributed by atoms with Gasteiger partial charge in [-0.3, -0.25) is 9.36 Å². The van der Waals surface area contributed by atoms with Crippen LogP contribution in [-0.4, -0.2) is 55.7 Å². The van der Waals surface area contributed by atoms with Crippen LogP contribution in [0, 0.1) is 0 Å². The van der Waals surface area contributed by atoms with E-state index in [-0.39, 0.29) is 29.9 Å². The average Bonchev–Trinajstić information content (AvgIpc) is 3.61. The molecule has 1 atom stereocenters. The lowest BCUT2D eigenvalue weighted by molar-refractivity contribution is -0.140. The van der Waals surface area contributed by atoms with Crippen molar-refractivity contribution in [2.24, 2.45) is 4.99 Å². The van der Waals surface area contributed by atoms with E-state index < -0.39 is 18.0 Å². The summed E-state index contributed by atoms with van der Waals surface area (Å²) in [7, 11) is 3.03. The lowest BCUT2D eigenvalue weighted by atomic mass is 9.94. The number of ether oxygens (including phenoxy) is 4.